The van der Waals surface area contributed by atoms with Gasteiger partial charge in [-0.1, -0.05) is 13.8 Å². The van der Waals surface area contributed by atoms with Crippen LogP contribution in [-0.2, 0) is 11.2 Å². The van der Waals surface area contributed by atoms with Gasteiger partial charge < -0.3 is 14.4 Å². The summed E-state index contributed by atoms with van der Waals surface area (Å²) < 4.78 is 25.8. The summed E-state index contributed by atoms with van der Waals surface area (Å²) in [6.45, 7) is 5.26. The Balaban J connectivity index is 1.40. The van der Waals surface area contributed by atoms with E-state index in [1.54, 1.807) is 18.2 Å². The quantitative estimate of drug-likeness (QED) is 0.689. The third-order valence-electron chi connectivity index (χ3n) is 5.48. The predicted molar refractivity (Wildman–Crippen MR) is 110 cm³/mol. The normalized spacial score (nSPS) is 18.3. The molecule has 7 heteroatoms. The van der Waals surface area contributed by atoms with Crippen molar-refractivity contribution < 1.29 is 23.5 Å². The number of carbonyl (C=O) groups excluding carboxylic acids is 2. The summed E-state index contributed by atoms with van der Waals surface area (Å²) in [4.78, 5) is 30.5. The molecule has 1 aliphatic heterocycles. The smallest absolute Gasteiger partial charge is 0.268 e. The van der Waals surface area contributed by atoms with Gasteiger partial charge >= 0.3 is 0 Å². The van der Waals surface area contributed by atoms with E-state index < -0.39 is 11.9 Å². The number of rotatable bonds is 7. The summed E-state index contributed by atoms with van der Waals surface area (Å²) in [5, 5.41) is 0. The van der Waals surface area contributed by atoms with Crippen molar-refractivity contribution in [1.29, 1.82) is 0 Å². The molecule has 2 aromatic rings. The van der Waals surface area contributed by atoms with Crippen LogP contribution in [0.5, 0.6) is 11.6 Å². The Morgan fingerprint density at radius 2 is 2.07 bits per heavy atom. The molecule has 158 valence electrons. The van der Waals surface area contributed by atoms with Crippen molar-refractivity contribution in [2.45, 2.75) is 45.6 Å². The second kappa shape index (κ2) is 8.42. The second-order valence-electron chi connectivity index (χ2n) is 8.13. The minimum Gasteiger partial charge on any atom is -0.479 e. The number of Topliss-reactive ketones (excluding diaryl/α,β-unsaturated/α-hetero) is 1. The maximum absolute atomic E-state index is 14.4. The number of hydrogen-bond acceptors (Lipinski definition) is 5. The number of amides is 1. The lowest BCUT2D eigenvalue weighted by atomic mass is 10.1. The highest BCUT2D eigenvalue weighted by Crippen LogP contribution is 2.32. The van der Waals surface area contributed by atoms with Crippen LogP contribution in [0.15, 0.2) is 30.5 Å². The number of carbonyl (C=O) groups is 2. The van der Waals surface area contributed by atoms with Crippen molar-refractivity contribution in [2.75, 3.05) is 18.1 Å². The molecule has 1 aromatic heterocycles. The summed E-state index contributed by atoms with van der Waals surface area (Å²) in [6, 6.07) is 6.40. The van der Waals surface area contributed by atoms with Crippen LogP contribution < -0.4 is 14.4 Å². The van der Waals surface area contributed by atoms with E-state index in [9.17, 15) is 14.0 Å². The second-order valence-corrected chi connectivity index (χ2v) is 8.13. The van der Waals surface area contributed by atoms with Crippen molar-refractivity contribution in [1.82, 2.24) is 4.98 Å². The fraction of sp³-hybridized carbons (Fsp3) is 0.435. The number of nitrogens with zero attached hydrogens (tertiary/aromatic N) is 2. The van der Waals surface area contributed by atoms with Crippen LogP contribution in [0.3, 0.4) is 0 Å². The predicted octanol–water partition coefficient (Wildman–Crippen LogP) is 3.96. The molecule has 0 unspecified atom stereocenters. The first-order valence-corrected chi connectivity index (χ1v) is 10.3. The lowest BCUT2D eigenvalue weighted by Gasteiger charge is -2.18. The monoisotopic (exact) mass is 412 g/mol. The molecule has 0 bridgehead atoms. The maximum Gasteiger partial charge on any atom is 0.268 e. The highest BCUT2D eigenvalue weighted by atomic mass is 19.1. The first-order chi connectivity index (χ1) is 14.4. The van der Waals surface area contributed by atoms with Gasteiger partial charge in [0, 0.05) is 36.7 Å². The van der Waals surface area contributed by atoms with Gasteiger partial charge in [0.05, 0.1) is 12.8 Å². The van der Waals surface area contributed by atoms with E-state index in [0.29, 0.717) is 66.8 Å². The van der Waals surface area contributed by atoms with Gasteiger partial charge in [0.2, 0.25) is 5.88 Å². The number of hydrogen-bond donors (Lipinski definition) is 0. The van der Waals surface area contributed by atoms with Gasteiger partial charge in [-0.2, -0.15) is 0 Å². The molecule has 1 aliphatic carbocycles. The maximum atomic E-state index is 14.4. The molecule has 2 aliphatic rings. The zero-order chi connectivity index (χ0) is 21.3. The zero-order valence-corrected chi connectivity index (χ0v) is 17.2. The number of fused-ring (bicyclic) bond motifs is 1. The fourth-order valence-corrected chi connectivity index (χ4v) is 3.76. The number of ketones is 1. The fourth-order valence-electron chi connectivity index (χ4n) is 3.76. The third kappa shape index (κ3) is 4.15. The van der Waals surface area contributed by atoms with Gasteiger partial charge in [0.1, 0.15) is 11.6 Å². The van der Waals surface area contributed by atoms with Crippen LogP contribution in [0.1, 0.15) is 49.0 Å². The standard InChI is InChI=1S/C23H25FN2O4/c1-14(2)8-10-29-22-6-3-16(13-25-22)30-21-7-9-26(23(21)28)15-11-18-17(19(24)12-15)4-5-20(18)27/h3,6,11-14,21H,4-5,7-10H2,1-2H3/t21-/m1/s1. The Morgan fingerprint density at radius 1 is 1.23 bits per heavy atom. The summed E-state index contributed by atoms with van der Waals surface area (Å²) in [5.74, 6) is 0.787. The van der Waals surface area contributed by atoms with Crippen molar-refractivity contribution in [3.63, 3.8) is 0 Å². The van der Waals surface area contributed by atoms with Gasteiger partial charge in [-0.25, -0.2) is 9.37 Å². The molecule has 1 saturated heterocycles. The molecule has 2 heterocycles. The average Bonchev–Trinajstić information content (AvgIpc) is 3.26. The van der Waals surface area contributed by atoms with Crippen LogP contribution in [0.25, 0.3) is 0 Å². The zero-order valence-electron chi connectivity index (χ0n) is 17.2. The minimum atomic E-state index is -0.675. The SMILES string of the molecule is CC(C)CCOc1ccc(O[C@@H]2CCN(c3cc(F)c4c(c3)C(=O)CC4)C2=O)cn1. The van der Waals surface area contributed by atoms with Crippen molar-refractivity contribution in [3.05, 3.63) is 47.4 Å². The largest absolute Gasteiger partial charge is 0.479 e. The van der Waals surface area contributed by atoms with Crippen molar-refractivity contribution in [3.8, 4) is 11.6 Å². The molecular weight excluding hydrogens is 387 g/mol. The van der Waals surface area contributed by atoms with Gasteiger partial charge in [-0.05, 0) is 42.5 Å². The molecule has 4 rings (SSSR count). The van der Waals surface area contributed by atoms with Gasteiger partial charge in [0.25, 0.3) is 5.91 Å². The molecular formula is C23H25FN2O4. The Bertz CT molecular complexity index is 958. The highest BCUT2D eigenvalue weighted by molar-refractivity contribution is 6.04. The average molecular weight is 412 g/mol. The topological polar surface area (TPSA) is 68.7 Å². The summed E-state index contributed by atoms with van der Waals surface area (Å²) in [7, 11) is 0. The van der Waals surface area contributed by atoms with Crippen LogP contribution in [-0.4, -0.2) is 35.9 Å². The number of halogens is 1. The van der Waals surface area contributed by atoms with E-state index in [2.05, 4.69) is 18.8 Å². The van der Waals surface area contributed by atoms with E-state index >= 15 is 0 Å². The van der Waals surface area contributed by atoms with E-state index in [1.807, 2.05) is 0 Å². The van der Waals surface area contributed by atoms with Crippen molar-refractivity contribution >= 4 is 17.4 Å². The molecule has 0 N–H and O–H groups in total. The van der Waals surface area contributed by atoms with Gasteiger partial charge in [-0.3, -0.25) is 9.59 Å². The van der Waals surface area contributed by atoms with Gasteiger partial charge in [-0.15, -0.1) is 0 Å². The molecule has 1 fully saturated rings. The van der Waals surface area contributed by atoms with Crippen LogP contribution >= 0.6 is 0 Å². The Hall–Kier alpha value is -2.96. The summed E-state index contributed by atoms with van der Waals surface area (Å²) >= 11 is 0. The van der Waals surface area contributed by atoms with Crippen LogP contribution in [0.2, 0.25) is 0 Å². The first kappa shape index (κ1) is 20.3. The highest BCUT2D eigenvalue weighted by Gasteiger charge is 2.36. The third-order valence-corrected chi connectivity index (χ3v) is 5.48. The number of pyridine rings is 1. The molecule has 0 spiro atoms. The van der Waals surface area contributed by atoms with Gasteiger partial charge in [0.15, 0.2) is 11.9 Å². The molecule has 0 saturated carbocycles. The van der Waals surface area contributed by atoms with E-state index in [0.717, 1.165) is 6.42 Å². The molecule has 1 atom stereocenters. The first-order valence-electron chi connectivity index (χ1n) is 10.3. The summed E-state index contributed by atoms with van der Waals surface area (Å²) in [6.07, 6.45) is 3.02. The number of benzene rings is 1. The number of anilines is 1. The molecule has 1 amide bonds. The van der Waals surface area contributed by atoms with E-state index in [1.165, 1.54) is 17.2 Å². The molecule has 1 aromatic carbocycles. The molecule has 30 heavy (non-hydrogen) atoms. The molecule has 0 radical (unpaired) electrons. The Labute approximate surface area is 175 Å². The number of ether oxygens (including phenoxy) is 2. The minimum absolute atomic E-state index is 0.0769. The number of aromatic nitrogens is 1. The lowest BCUT2D eigenvalue weighted by molar-refractivity contribution is -0.122. The van der Waals surface area contributed by atoms with Crippen LogP contribution in [0.4, 0.5) is 10.1 Å². The van der Waals surface area contributed by atoms with Crippen LogP contribution in [0, 0.1) is 11.7 Å². The van der Waals surface area contributed by atoms with E-state index in [4.69, 9.17) is 9.47 Å². The van der Waals surface area contributed by atoms with Crippen molar-refractivity contribution in [2.24, 2.45) is 5.92 Å². The van der Waals surface area contributed by atoms with E-state index in [-0.39, 0.29) is 11.7 Å². The Morgan fingerprint density at radius 3 is 2.80 bits per heavy atom. The Kier molecular flexibility index (Phi) is 5.70. The molecule has 6 nitrogen and oxygen atoms in total. The lowest BCUT2D eigenvalue weighted by Crippen LogP contribution is -2.32. The summed E-state index contributed by atoms with van der Waals surface area (Å²) in [5.41, 5.74) is 1.24.